The van der Waals surface area contributed by atoms with Gasteiger partial charge in [0.2, 0.25) is 0 Å². The number of nitrogens with zero attached hydrogens (tertiary/aromatic N) is 2. The molecule has 0 aromatic heterocycles. The molecule has 1 aromatic carbocycles. The number of piperazine rings is 1. The number of carbonyl (C=O) groups excluding carboxylic acids is 1. The second kappa shape index (κ2) is 4.93. The highest BCUT2D eigenvalue weighted by molar-refractivity contribution is 6.00. The first-order valence-electron chi connectivity index (χ1n) is 6.58. The van der Waals surface area contributed by atoms with Gasteiger partial charge in [0.25, 0.3) is 0 Å². The lowest BCUT2D eigenvalue weighted by Gasteiger charge is -2.46. The zero-order valence-electron chi connectivity index (χ0n) is 12.0. The second-order valence-electron chi connectivity index (χ2n) is 5.85. The molecule has 1 saturated heterocycles. The molecule has 1 aliphatic rings. The van der Waals surface area contributed by atoms with Crippen LogP contribution in [0.2, 0.25) is 0 Å². The number of anilines is 1. The molecule has 0 unspecified atom stereocenters. The lowest BCUT2D eigenvalue weighted by atomic mass is 9.98. The molecule has 1 fully saturated rings. The van der Waals surface area contributed by atoms with Crippen molar-refractivity contribution in [1.82, 2.24) is 4.90 Å². The summed E-state index contributed by atoms with van der Waals surface area (Å²) in [6, 6.07) is 4.85. The predicted molar refractivity (Wildman–Crippen MR) is 75.3 cm³/mol. The largest absolute Gasteiger partial charge is 0.368 e. The summed E-state index contributed by atoms with van der Waals surface area (Å²) in [5.74, 6) is -0.647. The van der Waals surface area contributed by atoms with Crippen LogP contribution in [0.25, 0.3) is 0 Å². The Morgan fingerprint density at radius 1 is 1.32 bits per heavy atom. The Bertz CT molecular complexity index is 499. The molecule has 2 rings (SSSR count). The second-order valence-corrected chi connectivity index (χ2v) is 5.85. The van der Waals surface area contributed by atoms with Crippen molar-refractivity contribution in [3.8, 4) is 0 Å². The fraction of sp³-hybridized carbons (Fsp3) is 0.533. The van der Waals surface area contributed by atoms with Gasteiger partial charge in [-0.25, -0.2) is 4.39 Å². The highest BCUT2D eigenvalue weighted by Crippen LogP contribution is 2.28. The van der Waals surface area contributed by atoms with E-state index in [1.165, 1.54) is 13.0 Å². The van der Waals surface area contributed by atoms with Gasteiger partial charge in [-0.15, -0.1) is 0 Å². The Morgan fingerprint density at radius 2 is 2.00 bits per heavy atom. The SMILES string of the molecule is CC(=O)c1c(F)cccc1N1CCN(C)C(C)(C)C1. The number of Topliss-reactive ketones (excluding diaryl/α,β-unsaturated/α-hetero) is 1. The Morgan fingerprint density at radius 3 is 2.58 bits per heavy atom. The number of ketones is 1. The third-order valence-corrected chi connectivity index (χ3v) is 4.00. The smallest absolute Gasteiger partial charge is 0.164 e. The van der Waals surface area contributed by atoms with Crippen molar-refractivity contribution in [2.24, 2.45) is 0 Å². The first-order chi connectivity index (χ1) is 8.83. The van der Waals surface area contributed by atoms with Crippen molar-refractivity contribution in [2.45, 2.75) is 26.3 Å². The van der Waals surface area contributed by atoms with E-state index in [0.717, 1.165) is 19.6 Å². The van der Waals surface area contributed by atoms with Crippen LogP contribution in [0.4, 0.5) is 10.1 Å². The third-order valence-electron chi connectivity index (χ3n) is 4.00. The maximum absolute atomic E-state index is 13.9. The molecule has 3 nitrogen and oxygen atoms in total. The minimum Gasteiger partial charge on any atom is -0.368 e. The van der Waals surface area contributed by atoms with E-state index in [0.29, 0.717) is 5.69 Å². The van der Waals surface area contributed by atoms with E-state index >= 15 is 0 Å². The Labute approximate surface area is 114 Å². The number of benzene rings is 1. The van der Waals surface area contributed by atoms with Gasteiger partial charge < -0.3 is 4.90 Å². The van der Waals surface area contributed by atoms with E-state index in [2.05, 4.69) is 30.7 Å². The van der Waals surface area contributed by atoms with Crippen molar-refractivity contribution < 1.29 is 9.18 Å². The molecule has 0 atom stereocenters. The summed E-state index contributed by atoms with van der Waals surface area (Å²) < 4.78 is 13.9. The maximum Gasteiger partial charge on any atom is 0.164 e. The van der Waals surface area contributed by atoms with Crippen molar-refractivity contribution >= 4 is 11.5 Å². The quantitative estimate of drug-likeness (QED) is 0.767. The predicted octanol–water partition coefficient (Wildman–Crippen LogP) is 2.56. The van der Waals surface area contributed by atoms with E-state index in [4.69, 9.17) is 0 Å². The average molecular weight is 264 g/mol. The molecular formula is C15H21FN2O. The van der Waals surface area contributed by atoms with Crippen molar-refractivity contribution in [2.75, 3.05) is 31.6 Å². The molecule has 0 bridgehead atoms. The van der Waals surface area contributed by atoms with E-state index in [9.17, 15) is 9.18 Å². The minimum absolute atomic E-state index is 0.0125. The van der Waals surface area contributed by atoms with Crippen LogP contribution in [-0.4, -0.2) is 42.9 Å². The van der Waals surface area contributed by atoms with Gasteiger partial charge in [-0.2, -0.15) is 0 Å². The number of hydrogen-bond acceptors (Lipinski definition) is 3. The van der Waals surface area contributed by atoms with Crippen LogP contribution in [-0.2, 0) is 0 Å². The fourth-order valence-electron chi connectivity index (χ4n) is 2.57. The molecule has 1 aliphatic heterocycles. The summed E-state index contributed by atoms with van der Waals surface area (Å²) in [6.45, 7) is 8.23. The van der Waals surface area contributed by atoms with Gasteiger partial charge in [0.1, 0.15) is 5.82 Å². The zero-order chi connectivity index (χ0) is 14.2. The number of rotatable bonds is 2. The molecule has 104 valence electrons. The molecule has 4 heteroatoms. The summed E-state index contributed by atoms with van der Waals surface area (Å²) in [6.07, 6.45) is 0. The van der Waals surface area contributed by atoms with Gasteiger partial charge in [-0.05, 0) is 40.0 Å². The van der Waals surface area contributed by atoms with Crippen LogP contribution in [0.15, 0.2) is 18.2 Å². The van der Waals surface area contributed by atoms with Crippen molar-refractivity contribution in [3.05, 3.63) is 29.6 Å². The van der Waals surface area contributed by atoms with Crippen LogP contribution < -0.4 is 4.90 Å². The lowest BCUT2D eigenvalue weighted by molar-refractivity contribution is 0.101. The molecular weight excluding hydrogens is 243 g/mol. The van der Waals surface area contributed by atoms with Gasteiger partial charge in [-0.3, -0.25) is 9.69 Å². The third kappa shape index (κ3) is 2.63. The molecule has 1 heterocycles. The number of halogens is 1. The van der Waals surface area contributed by atoms with Gasteiger partial charge in [0.15, 0.2) is 5.78 Å². The summed E-state index contributed by atoms with van der Waals surface area (Å²) in [7, 11) is 2.09. The highest BCUT2D eigenvalue weighted by atomic mass is 19.1. The standard InChI is InChI=1S/C15H21FN2O/c1-11(19)14-12(16)6-5-7-13(14)18-9-8-17(4)15(2,3)10-18/h5-7H,8-10H2,1-4H3. The number of hydrogen-bond donors (Lipinski definition) is 0. The van der Waals surface area contributed by atoms with Crippen LogP contribution in [0.5, 0.6) is 0 Å². The normalized spacial score (nSPS) is 19.5. The Hall–Kier alpha value is -1.42. The first kappa shape index (κ1) is 14.0. The van der Waals surface area contributed by atoms with Gasteiger partial charge in [-0.1, -0.05) is 6.07 Å². The number of likely N-dealkylation sites (N-methyl/N-ethyl adjacent to an activating group) is 1. The van der Waals surface area contributed by atoms with Crippen LogP contribution >= 0.6 is 0 Å². The Balaban J connectivity index is 2.38. The summed E-state index contributed by atoms with van der Waals surface area (Å²) in [4.78, 5) is 16.1. The van der Waals surface area contributed by atoms with Crippen molar-refractivity contribution in [3.63, 3.8) is 0 Å². The van der Waals surface area contributed by atoms with Crippen LogP contribution in [0.1, 0.15) is 31.1 Å². The zero-order valence-corrected chi connectivity index (χ0v) is 12.0. The van der Waals surface area contributed by atoms with Crippen LogP contribution in [0.3, 0.4) is 0 Å². The van der Waals surface area contributed by atoms with Crippen LogP contribution in [0, 0.1) is 5.82 Å². The van der Waals surface area contributed by atoms with Gasteiger partial charge in [0.05, 0.1) is 11.3 Å². The molecule has 0 aliphatic carbocycles. The summed E-state index contributed by atoms with van der Waals surface area (Å²) >= 11 is 0. The molecule has 0 amide bonds. The molecule has 0 radical (unpaired) electrons. The summed E-state index contributed by atoms with van der Waals surface area (Å²) in [5, 5.41) is 0. The Kier molecular flexibility index (Phi) is 3.63. The van der Waals surface area contributed by atoms with E-state index < -0.39 is 5.82 Å². The first-order valence-corrected chi connectivity index (χ1v) is 6.58. The van der Waals surface area contributed by atoms with E-state index in [1.807, 2.05) is 6.07 Å². The fourth-order valence-corrected chi connectivity index (χ4v) is 2.57. The van der Waals surface area contributed by atoms with Gasteiger partial charge in [0, 0.05) is 25.2 Å². The maximum atomic E-state index is 13.9. The molecule has 1 aromatic rings. The summed E-state index contributed by atoms with van der Waals surface area (Å²) in [5.41, 5.74) is 0.940. The monoisotopic (exact) mass is 264 g/mol. The molecule has 0 spiro atoms. The topological polar surface area (TPSA) is 23.6 Å². The minimum atomic E-state index is -0.429. The molecule has 0 N–H and O–H groups in total. The highest BCUT2D eigenvalue weighted by Gasteiger charge is 2.32. The molecule has 0 saturated carbocycles. The van der Waals surface area contributed by atoms with E-state index in [1.54, 1.807) is 6.07 Å². The molecule has 19 heavy (non-hydrogen) atoms. The lowest BCUT2D eigenvalue weighted by Crippen LogP contribution is -2.58. The number of carbonyl (C=O) groups is 1. The average Bonchev–Trinajstić information content (AvgIpc) is 2.31. The van der Waals surface area contributed by atoms with Gasteiger partial charge >= 0.3 is 0 Å². The van der Waals surface area contributed by atoms with Crippen molar-refractivity contribution in [1.29, 1.82) is 0 Å². The van der Waals surface area contributed by atoms with E-state index in [-0.39, 0.29) is 16.9 Å².